The first-order chi connectivity index (χ1) is 7.88. The molecule has 0 amide bonds. The minimum Gasteiger partial charge on any atom is -0.495 e. The monoisotopic (exact) mass is 265 g/mol. The summed E-state index contributed by atoms with van der Waals surface area (Å²) in [6.45, 7) is 0. The van der Waals surface area contributed by atoms with E-state index in [1.807, 2.05) is 0 Å². The normalized spacial score (nSPS) is 12.3. The molecule has 0 spiro atoms. The molecular weight excluding hydrogens is 256 g/mol. The van der Waals surface area contributed by atoms with E-state index in [-0.39, 0.29) is 5.75 Å². The fourth-order valence-electron chi connectivity index (χ4n) is 1.25. The number of carboxylic acids is 1. The summed E-state index contributed by atoms with van der Waals surface area (Å²) >= 11 is 5.58. The molecular formula is C10H10ClF2NO3. The van der Waals surface area contributed by atoms with Gasteiger partial charge in [-0.15, -0.1) is 0 Å². The number of nitrogens with two attached hydrogens (primary N) is 1. The van der Waals surface area contributed by atoms with Crippen molar-refractivity contribution in [2.75, 3.05) is 7.11 Å². The van der Waals surface area contributed by atoms with Gasteiger partial charge in [0.2, 0.25) is 0 Å². The Kier molecular flexibility index (Phi) is 4.25. The average Bonchev–Trinajstić information content (AvgIpc) is 2.28. The van der Waals surface area contributed by atoms with Gasteiger partial charge in [-0.2, -0.15) is 0 Å². The van der Waals surface area contributed by atoms with E-state index in [1.165, 1.54) is 7.11 Å². The molecule has 94 valence electrons. The Hall–Kier alpha value is -1.40. The van der Waals surface area contributed by atoms with Gasteiger partial charge in [0.25, 0.3) is 0 Å². The number of aliphatic carboxylic acids is 1. The molecule has 1 atom stereocenters. The predicted octanol–water partition coefficient (Wildman–Crippen LogP) is 1.58. The second-order valence-electron chi connectivity index (χ2n) is 3.32. The summed E-state index contributed by atoms with van der Waals surface area (Å²) < 4.78 is 31.8. The molecule has 1 aromatic carbocycles. The van der Waals surface area contributed by atoms with Gasteiger partial charge in [-0.05, 0) is 0 Å². The van der Waals surface area contributed by atoms with Gasteiger partial charge in [-0.1, -0.05) is 11.6 Å². The van der Waals surface area contributed by atoms with Crippen molar-refractivity contribution in [3.8, 4) is 5.75 Å². The lowest BCUT2D eigenvalue weighted by Gasteiger charge is -2.12. The van der Waals surface area contributed by atoms with Gasteiger partial charge in [-0.25, -0.2) is 8.78 Å². The number of ether oxygens (including phenoxy) is 1. The van der Waals surface area contributed by atoms with Crippen molar-refractivity contribution in [3.63, 3.8) is 0 Å². The molecule has 1 unspecified atom stereocenters. The summed E-state index contributed by atoms with van der Waals surface area (Å²) in [6, 6.07) is -0.515. The third kappa shape index (κ3) is 2.83. The highest BCUT2D eigenvalue weighted by Gasteiger charge is 2.22. The summed E-state index contributed by atoms with van der Waals surface area (Å²) in [4.78, 5) is 10.5. The number of carboxylic acid groups (broad SMARTS) is 1. The largest absolute Gasteiger partial charge is 0.495 e. The Morgan fingerprint density at radius 2 is 2.24 bits per heavy atom. The fourth-order valence-corrected chi connectivity index (χ4v) is 1.50. The highest BCUT2D eigenvalue weighted by atomic mass is 35.5. The Balaban J connectivity index is 3.17. The maximum atomic E-state index is 13.6. The van der Waals surface area contributed by atoms with Crippen molar-refractivity contribution >= 4 is 17.6 Å². The number of halogens is 3. The van der Waals surface area contributed by atoms with E-state index in [0.717, 1.165) is 6.07 Å². The summed E-state index contributed by atoms with van der Waals surface area (Å²) in [5.74, 6) is -3.51. The maximum absolute atomic E-state index is 13.6. The van der Waals surface area contributed by atoms with Gasteiger partial charge < -0.3 is 15.6 Å². The average molecular weight is 266 g/mol. The lowest BCUT2D eigenvalue weighted by atomic mass is 10.0. The van der Waals surface area contributed by atoms with Crippen LogP contribution in [0.5, 0.6) is 5.75 Å². The molecule has 7 heteroatoms. The summed E-state index contributed by atoms with van der Waals surface area (Å²) in [7, 11) is 1.21. The summed E-state index contributed by atoms with van der Waals surface area (Å²) in [5.41, 5.74) is 4.73. The summed E-state index contributed by atoms with van der Waals surface area (Å²) in [5, 5.41) is 8.17. The first-order valence-electron chi connectivity index (χ1n) is 4.57. The van der Waals surface area contributed by atoms with Crippen LogP contribution in [0.15, 0.2) is 6.07 Å². The Morgan fingerprint density at radius 3 is 2.71 bits per heavy atom. The first kappa shape index (κ1) is 13.7. The van der Waals surface area contributed by atoms with E-state index in [1.54, 1.807) is 0 Å². The number of carbonyl (C=O) groups is 1. The zero-order valence-corrected chi connectivity index (χ0v) is 9.59. The highest BCUT2D eigenvalue weighted by Crippen LogP contribution is 2.31. The third-order valence-corrected chi connectivity index (χ3v) is 2.53. The van der Waals surface area contributed by atoms with Gasteiger partial charge in [0.15, 0.2) is 5.82 Å². The van der Waals surface area contributed by atoms with Gasteiger partial charge in [0.1, 0.15) is 22.6 Å². The zero-order chi connectivity index (χ0) is 13.2. The van der Waals surface area contributed by atoms with Crippen LogP contribution in [0.3, 0.4) is 0 Å². The predicted molar refractivity (Wildman–Crippen MR) is 57.2 cm³/mol. The molecule has 0 fully saturated rings. The van der Waals surface area contributed by atoms with E-state index in [9.17, 15) is 13.6 Å². The van der Waals surface area contributed by atoms with E-state index in [0.29, 0.717) is 0 Å². The van der Waals surface area contributed by atoms with Crippen LogP contribution in [0.25, 0.3) is 0 Å². The molecule has 0 radical (unpaired) electrons. The second kappa shape index (κ2) is 5.29. The van der Waals surface area contributed by atoms with E-state index in [2.05, 4.69) is 4.74 Å². The van der Waals surface area contributed by atoms with Crippen molar-refractivity contribution in [2.24, 2.45) is 5.73 Å². The van der Waals surface area contributed by atoms with E-state index < -0.39 is 40.7 Å². The molecule has 3 N–H and O–H groups in total. The Bertz CT molecular complexity index is 454. The Labute approximate surface area is 101 Å². The minimum absolute atomic E-state index is 0.158. The molecule has 0 aliphatic heterocycles. The van der Waals surface area contributed by atoms with Crippen LogP contribution in [0.2, 0.25) is 5.02 Å². The van der Waals surface area contributed by atoms with Crippen LogP contribution in [0, 0.1) is 11.6 Å². The number of hydrogen-bond donors (Lipinski definition) is 2. The second-order valence-corrected chi connectivity index (χ2v) is 3.69. The molecule has 17 heavy (non-hydrogen) atoms. The van der Waals surface area contributed by atoms with Gasteiger partial charge in [0.05, 0.1) is 7.11 Å². The van der Waals surface area contributed by atoms with E-state index in [4.69, 9.17) is 22.4 Å². The molecule has 1 aromatic rings. The van der Waals surface area contributed by atoms with Crippen LogP contribution < -0.4 is 10.5 Å². The number of benzene rings is 1. The quantitative estimate of drug-likeness (QED) is 0.811. The van der Waals surface area contributed by atoms with Crippen LogP contribution >= 0.6 is 11.6 Å². The third-order valence-electron chi connectivity index (χ3n) is 2.18. The molecule has 4 nitrogen and oxygen atoms in total. The first-order valence-corrected chi connectivity index (χ1v) is 4.95. The SMILES string of the molecule is COc1cc(F)c(CC(N)C(=O)O)c(F)c1Cl. The zero-order valence-electron chi connectivity index (χ0n) is 8.84. The maximum Gasteiger partial charge on any atom is 0.320 e. The molecule has 1 rings (SSSR count). The van der Waals surface area contributed by atoms with Crippen molar-refractivity contribution in [3.05, 3.63) is 28.3 Å². The van der Waals surface area contributed by atoms with Crippen molar-refractivity contribution in [1.29, 1.82) is 0 Å². The number of rotatable bonds is 4. The van der Waals surface area contributed by atoms with Crippen molar-refractivity contribution in [1.82, 2.24) is 0 Å². The molecule has 0 saturated heterocycles. The summed E-state index contributed by atoms with van der Waals surface area (Å²) in [6.07, 6.45) is -0.489. The molecule has 0 aliphatic carbocycles. The standard InChI is InChI=1S/C10H10ClF2NO3/c1-17-7-3-5(12)4(9(13)8(7)11)2-6(14)10(15)16/h3,6H,2,14H2,1H3,(H,15,16). The molecule has 0 heterocycles. The molecule has 0 aromatic heterocycles. The number of hydrogen-bond acceptors (Lipinski definition) is 3. The van der Waals surface area contributed by atoms with Crippen LogP contribution in [0.4, 0.5) is 8.78 Å². The minimum atomic E-state index is -1.40. The number of methoxy groups -OCH3 is 1. The van der Waals surface area contributed by atoms with Gasteiger partial charge in [-0.3, -0.25) is 4.79 Å². The van der Waals surface area contributed by atoms with Gasteiger partial charge in [0, 0.05) is 18.1 Å². The molecule has 0 saturated carbocycles. The van der Waals surface area contributed by atoms with Crippen molar-refractivity contribution in [2.45, 2.75) is 12.5 Å². The lowest BCUT2D eigenvalue weighted by molar-refractivity contribution is -0.138. The van der Waals surface area contributed by atoms with Crippen LogP contribution in [0.1, 0.15) is 5.56 Å². The lowest BCUT2D eigenvalue weighted by Crippen LogP contribution is -2.33. The Morgan fingerprint density at radius 1 is 1.65 bits per heavy atom. The molecule has 0 bridgehead atoms. The highest BCUT2D eigenvalue weighted by molar-refractivity contribution is 6.32. The molecule has 0 aliphatic rings. The van der Waals surface area contributed by atoms with Crippen LogP contribution in [-0.4, -0.2) is 24.2 Å². The smallest absolute Gasteiger partial charge is 0.320 e. The van der Waals surface area contributed by atoms with Gasteiger partial charge >= 0.3 is 5.97 Å². The van der Waals surface area contributed by atoms with Crippen molar-refractivity contribution < 1.29 is 23.4 Å². The van der Waals surface area contributed by atoms with E-state index >= 15 is 0 Å². The fraction of sp³-hybridized carbons (Fsp3) is 0.300. The topological polar surface area (TPSA) is 72.5 Å². The van der Waals surface area contributed by atoms with Crippen LogP contribution in [-0.2, 0) is 11.2 Å².